The molecule has 5 unspecified atom stereocenters. The lowest BCUT2D eigenvalue weighted by Gasteiger charge is -2.40. The summed E-state index contributed by atoms with van der Waals surface area (Å²) in [6.07, 6.45) is -4.90. The SMILES string of the molecule is C=C(C)C(=O)OCC1OC(O)C(CCCC(=O)OCCOc2ccc(C(=O)c3ccccc3)c(O)c2)C(O)C1O. The van der Waals surface area contributed by atoms with Crippen molar-refractivity contribution < 1.29 is 53.8 Å². The zero-order valence-electron chi connectivity index (χ0n) is 22.1. The van der Waals surface area contributed by atoms with Crippen LogP contribution in [0.2, 0.25) is 0 Å². The number of aromatic hydroxyl groups is 1. The molecule has 1 saturated heterocycles. The van der Waals surface area contributed by atoms with Crippen LogP contribution >= 0.6 is 0 Å². The van der Waals surface area contributed by atoms with Crippen LogP contribution in [0.4, 0.5) is 0 Å². The number of rotatable bonds is 13. The molecule has 0 aromatic heterocycles. The van der Waals surface area contributed by atoms with Crippen molar-refractivity contribution in [1.82, 2.24) is 0 Å². The highest BCUT2D eigenvalue weighted by atomic mass is 16.6. The summed E-state index contributed by atoms with van der Waals surface area (Å²) >= 11 is 0. The number of phenols is 1. The van der Waals surface area contributed by atoms with E-state index in [-0.39, 0.29) is 61.8 Å². The Morgan fingerprint density at radius 2 is 1.70 bits per heavy atom. The summed E-state index contributed by atoms with van der Waals surface area (Å²) in [4.78, 5) is 36.1. The van der Waals surface area contributed by atoms with Gasteiger partial charge in [0.15, 0.2) is 12.1 Å². The summed E-state index contributed by atoms with van der Waals surface area (Å²) in [7, 11) is 0. The number of carbonyl (C=O) groups is 3. The molecule has 1 aliphatic rings. The molecule has 0 aliphatic carbocycles. The summed E-state index contributed by atoms with van der Waals surface area (Å²) in [6.45, 7) is 4.48. The Hall–Kier alpha value is -3.77. The second-order valence-electron chi connectivity index (χ2n) is 9.42. The maximum Gasteiger partial charge on any atom is 0.333 e. The van der Waals surface area contributed by atoms with E-state index in [4.69, 9.17) is 18.9 Å². The Morgan fingerprint density at radius 3 is 2.38 bits per heavy atom. The van der Waals surface area contributed by atoms with Crippen molar-refractivity contribution in [3.05, 3.63) is 71.8 Å². The van der Waals surface area contributed by atoms with Crippen LogP contribution < -0.4 is 4.74 Å². The Balaban J connectivity index is 1.35. The van der Waals surface area contributed by atoms with Gasteiger partial charge in [-0.15, -0.1) is 0 Å². The van der Waals surface area contributed by atoms with Gasteiger partial charge in [0.25, 0.3) is 0 Å². The molecule has 4 N–H and O–H groups in total. The zero-order valence-corrected chi connectivity index (χ0v) is 22.1. The Bertz CT molecular complexity index is 1180. The van der Waals surface area contributed by atoms with E-state index in [2.05, 4.69) is 6.58 Å². The second-order valence-corrected chi connectivity index (χ2v) is 9.42. The van der Waals surface area contributed by atoms with E-state index in [0.717, 1.165) is 0 Å². The van der Waals surface area contributed by atoms with Crippen LogP contribution in [0.1, 0.15) is 42.1 Å². The summed E-state index contributed by atoms with van der Waals surface area (Å²) in [5, 5.41) is 41.2. The first-order valence-electron chi connectivity index (χ1n) is 12.8. The number of carbonyl (C=O) groups excluding carboxylic acids is 3. The molecule has 1 aliphatic heterocycles. The van der Waals surface area contributed by atoms with Crippen LogP contribution in [0.5, 0.6) is 11.5 Å². The normalized spacial score (nSPS) is 22.2. The van der Waals surface area contributed by atoms with Gasteiger partial charge in [0.05, 0.1) is 11.7 Å². The first kappa shape index (κ1) is 30.8. The molecule has 3 rings (SSSR count). The highest BCUT2D eigenvalue weighted by Crippen LogP contribution is 2.29. The summed E-state index contributed by atoms with van der Waals surface area (Å²) in [5.74, 6) is -2.33. The van der Waals surface area contributed by atoms with Crippen molar-refractivity contribution >= 4 is 17.7 Å². The summed E-state index contributed by atoms with van der Waals surface area (Å²) in [5.41, 5.74) is 0.742. The lowest BCUT2D eigenvalue weighted by atomic mass is 9.87. The number of phenolic OH excluding ortho intramolecular Hbond substituents is 1. The zero-order chi connectivity index (χ0) is 29.2. The van der Waals surface area contributed by atoms with Crippen molar-refractivity contribution in [3.8, 4) is 11.5 Å². The highest BCUT2D eigenvalue weighted by Gasteiger charge is 2.43. The first-order chi connectivity index (χ1) is 19.1. The van der Waals surface area contributed by atoms with Gasteiger partial charge in [-0.25, -0.2) is 4.79 Å². The third-order valence-corrected chi connectivity index (χ3v) is 6.36. The molecule has 0 spiro atoms. The van der Waals surface area contributed by atoms with Crippen molar-refractivity contribution in [2.75, 3.05) is 19.8 Å². The minimum absolute atomic E-state index is 0.00852. The largest absolute Gasteiger partial charge is 0.507 e. The average molecular weight is 559 g/mol. The fraction of sp³-hybridized carbons (Fsp3) is 0.414. The van der Waals surface area contributed by atoms with Gasteiger partial charge in [0.2, 0.25) is 0 Å². The van der Waals surface area contributed by atoms with Gasteiger partial charge in [-0.2, -0.15) is 0 Å². The topological polar surface area (TPSA) is 169 Å². The van der Waals surface area contributed by atoms with Gasteiger partial charge in [0.1, 0.15) is 43.5 Å². The number of hydrogen-bond acceptors (Lipinski definition) is 11. The number of esters is 2. The van der Waals surface area contributed by atoms with Crippen LogP contribution in [0, 0.1) is 5.92 Å². The fourth-order valence-electron chi connectivity index (χ4n) is 4.14. The van der Waals surface area contributed by atoms with E-state index in [1.165, 1.54) is 25.1 Å². The quantitative estimate of drug-likeness (QED) is 0.123. The van der Waals surface area contributed by atoms with Crippen LogP contribution in [0.3, 0.4) is 0 Å². The minimum Gasteiger partial charge on any atom is -0.507 e. The average Bonchev–Trinajstić information content (AvgIpc) is 2.94. The molecule has 1 heterocycles. The van der Waals surface area contributed by atoms with Crippen molar-refractivity contribution in [1.29, 1.82) is 0 Å². The lowest BCUT2D eigenvalue weighted by molar-refractivity contribution is -0.272. The van der Waals surface area contributed by atoms with Gasteiger partial charge in [0, 0.05) is 29.5 Å². The lowest BCUT2D eigenvalue weighted by Crippen LogP contribution is -2.55. The predicted octanol–water partition coefficient (Wildman–Crippen LogP) is 1.89. The summed E-state index contributed by atoms with van der Waals surface area (Å²) in [6, 6.07) is 12.9. The van der Waals surface area contributed by atoms with Gasteiger partial charge in [-0.3, -0.25) is 9.59 Å². The van der Waals surface area contributed by atoms with Gasteiger partial charge in [-0.1, -0.05) is 36.9 Å². The first-order valence-corrected chi connectivity index (χ1v) is 12.8. The molecular formula is C29H34O11. The Labute approximate surface area is 231 Å². The van der Waals surface area contributed by atoms with Crippen molar-refractivity contribution in [2.24, 2.45) is 5.92 Å². The van der Waals surface area contributed by atoms with E-state index in [1.807, 2.05) is 0 Å². The predicted molar refractivity (Wildman–Crippen MR) is 140 cm³/mol. The molecule has 5 atom stereocenters. The Morgan fingerprint density at radius 1 is 0.975 bits per heavy atom. The molecule has 0 bridgehead atoms. The van der Waals surface area contributed by atoms with Crippen LogP contribution in [-0.2, 0) is 23.8 Å². The maximum absolute atomic E-state index is 12.5. The smallest absolute Gasteiger partial charge is 0.333 e. The number of ether oxygens (including phenoxy) is 4. The third kappa shape index (κ3) is 8.36. The molecule has 40 heavy (non-hydrogen) atoms. The van der Waals surface area contributed by atoms with Gasteiger partial charge in [-0.05, 0) is 31.9 Å². The van der Waals surface area contributed by atoms with E-state index < -0.39 is 42.5 Å². The number of hydrogen-bond donors (Lipinski definition) is 4. The van der Waals surface area contributed by atoms with Crippen molar-refractivity contribution in [2.45, 2.75) is 50.8 Å². The summed E-state index contributed by atoms with van der Waals surface area (Å²) < 4.78 is 20.8. The molecular weight excluding hydrogens is 524 g/mol. The van der Waals surface area contributed by atoms with E-state index in [1.54, 1.807) is 30.3 Å². The van der Waals surface area contributed by atoms with Crippen LogP contribution in [-0.4, -0.2) is 82.6 Å². The van der Waals surface area contributed by atoms with Gasteiger partial charge < -0.3 is 39.4 Å². The number of ketones is 1. The minimum atomic E-state index is -1.43. The molecule has 11 heteroatoms. The third-order valence-electron chi connectivity index (χ3n) is 6.36. The number of aliphatic hydroxyl groups is 3. The Kier molecular flexibility index (Phi) is 11.2. The number of benzene rings is 2. The molecule has 0 saturated carbocycles. The van der Waals surface area contributed by atoms with Gasteiger partial charge >= 0.3 is 11.9 Å². The maximum atomic E-state index is 12.5. The van der Waals surface area contributed by atoms with Crippen LogP contribution in [0.15, 0.2) is 60.7 Å². The molecule has 0 radical (unpaired) electrons. The number of aliphatic hydroxyl groups excluding tert-OH is 3. The molecule has 11 nitrogen and oxygen atoms in total. The van der Waals surface area contributed by atoms with Crippen molar-refractivity contribution in [3.63, 3.8) is 0 Å². The highest BCUT2D eigenvalue weighted by molar-refractivity contribution is 6.10. The fourth-order valence-corrected chi connectivity index (χ4v) is 4.14. The van der Waals surface area contributed by atoms with E-state index in [0.29, 0.717) is 11.3 Å². The molecule has 1 fully saturated rings. The standard InChI is InChI=1S/C29H34O11/c1-17(2)28(35)39-16-23-27(34)26(33)21(29(36)40-23)9-6-10-24(31)38-14-13-37-19-11-12-20(22(30)15-19)25(32)18-7-4-3-5-8-18/h3-5,7-8,11-12,15,21,23,26-27,29-30,33-34,36H,1,6,9-10,13-14,16H2,2H3. The molecule has 216 valence electrons. The molecule has 2 aromatic rings. The second kappa shape index (κ2) is 14.6. The molecule has 2 aromatic carbocycles. The van der Waals surface area contributed by atoms with Crippen LogP contribution in [0.25, 0.3) is 0 Å². The monoisotopic (exact) mass is 558 g/mol. The molecule has 0 amide bonds. The van der Waals surface area contributed by atoms with E-state index >= 15 is 0 Å². The van der Waals surface area contributed by atoms with E-state index in [9.17, 15) is 34.8 Å².